The first-order chi connectivity index (χ1) is 13.9. The van der Waals surface area contributed by atoms with E-state index in [9.17, 15) is 4.79 Å². The number of benzene rings is 1. The fourth-order valence-electron chi connectivity index (χ4n) is 3.00. The number of aromatic nitrogens is 4. The van der Waals surface area contributed by atoms with Crippen LogP contribution in [0.1, 0.15) is 40.5 Å². The molecule has 0 saturated carbocycles. The van der Waals surface area contributed by atoms with Gasteiger partial charge in [-0.3, -0.25) is 9.36 Å². The molecule has 8 heteroatoms. The van der Waals surface area contributed by atoms with Crippen molar-refractivity contribution in [2.75, 3.05) is 12.3 Å². The number of nitrogens with one attached hydrogen (secondary N) is 1. The summed E-state index contributed by atoms with van der Waals surface area (Å²) in [5.74, 6) is 1.17. The molecule has 0 aliphatic carbocycles. The van der Waals surface area contributed by atoms with Crippen LogP contribution in [0.3, 0.4) is 0 Å². The Morgan fingerprint density at radius 1 is 1.17 bits per heavy atom. The average Bonchev–Trinajstić information content (AvgIpc) is 3.27. The van der Waals surface area contributed by atoms with Gasteiger partial charge in [-0.05, 0) is 64.2 Å². The Bertz CT molecular complexity index is 979. The van der Waals surface area contributed by atoms with E-state index < -0.39 is 0 Å². The average molecular weight is 430 g/mol. The third kappa shape index (κ3) is 5.90. The molecular formula is C21H27N5OS2. The third-order valence-corrected chi connectivity index (χ3v) is 6.49. The van der Waals surface area contributed by atoms with E-state index in [1.165, 1.54) is 22.3 Å². The number of carbonyl (C=O) groups excluding carboxylic acids is 1. The van der Waals surface area contributed by atoms with Gasteiger partial charge in [-0.1, -0.05) is 23.9 Å². The van der Waals surface area contributed by atoms with Crippen LogP contribution in [0.2, 0.25) is 0 Å². The van der Waals surface area contributed by atoms with E-state index in [1.54, 1.807) is 11.3 Å². The maximum Gasteiger partial charge on any atom is 0.230 e. The number of hydrogen-bond donors (Lipinski definition) is 1. The van der Waals surface area contributed by atoms with Gasteiger partial charge in [0.05, 0.1) is 16.4 Å². The van der Waals surface area contributed by atoms with Gasteiger partial charge in [0.15, 0.2) is 5.16 Å². The summed E-state index contributed by atoms with van der Waals surface area (Å²) in [4.78, 5) is 16.7. The molecule has 3 aromatic rings. The van der Waals surface area contributed by atoms with E-state index in [-0.39, 0.29) is 5.91 Å². The van der Waals surface area contributed by atoms with E-state index in [1.807, 2.05) is 18.4 Å². The second-order valence-corrected chi connectivity index (χ2v) is 9.02. The lowest BCUT2D eigenvalue weighted by Gasteiger charge is -2.12. The SMILES string of the molecule is Cc1ccc(C)c(-n2c(C)nnc2SCC(=O)NCCCCc2nc(C)cs2)c1. The van der Waals surface area contributed by atoms with Crippen molar-refractivity contribution in [3.8, 4) is 5.69 Å². The zero-order chi connectivity index (χ0) is 20.8. The molecule has 154 valence electrons. The number of amides is 1. The number of thioether (sulfide) groups is 1. The fourth-order valence-corrected chi connectivity index (χ4v) is 4.64. The summed E-state index contributed by atoms with van der Waals surface area (Å²) < 4.78 is 2.02. The van der Waals surface area contributed by atoms with E-state index in [2.05, 4.69) is 57.9 Å². The van der Waals surface area contributed by atoms with Crippen LogP contribution in [0.15, 0.2) is 28.7 Å². The maximum atomic E-state index is 12.2. The molecule has 2 heterocycles. The molecule has 0 radical (unpaired) electrons. The highest BCUT2D eigenvalue weighted by Crippen LogP contribution is 2.24. The molecule has 3 rings (SSSR count). The predicted octanol–water partition coefficient (Wildman–Crippen LogP) is 4.19. The molecule has 0 fully saturated rings. The van der Waals surface area contributed by atoms with Crippen molar-refractivity contribution in [3.63, 3.8) is 0 Å². The summed E-state index contributed by atoms with van der Waals surface area (Å²) in [6, 6.07) is 6.31. The summed E-state index contributed by atoms with van der Waals surface area (Å²) in [5, 5.41) is 15.5. The molecular weight excluding hydrogens is 402 g/mol. The van der Waals surface area contributed by atoms with Crippen LogP contribution in [-0.2, 0) is 11.2 Å². The van der Waals surface area contributed by atoms with Gasteiger partial charge in [0.25, 0.3) is 0 Å². The van der Waals surface area contributed by atoms with Crippen molar-refractivity contribution in [2.45, 2.75) is 52.1 Å². The van der Waals surface area contributed by atoms with E-state index >= 15 is 0 Å². The maximum absolute atomic E-state index is 12.2. The van der Waals surface area contributed by atoms with Crippen molar-refractivity contribution in [1.82, 2.24) is 25.1 Å². The highest BCUT2D eigenvalue weighted by Gasteiger charge is 2.15. The largest absolute Gasteiger partial charge is 0.355 e. The van der Waals surface area contributed by atoms with Crippen LogP contribution in [0.4, 0.5) is 0 Å². The van der Waals surface area contributed by atoms with E-state index in [4.69, 9.17) is 0 Å². The number of hydrogen-bond acceptors (Lipinski definition) is 6. The molecule has 0 aliphatic rings. The number of aryl methyl sites for hydroxylation is 5. The summed E-state index contributed by atoms with van der Waals surface area (Å²) in [6.45, 7) is 8.77. The van der Waals surface area contributed by atoms with Gasteiger partial charge < -0.3 is 5.32 Å². The molecule has 0 saturated heterocycles. The van der Waals surface area contributed by atoms with Crippen LogP contribution >= 0.6 is 23.1 Å². The standard InChI is InChI=1S/C21H27N5OS2/c1-14-8-9-15(2)18(11-14)26-17(4)24-25-21(26)29-13-19(27)22-10-6-5-7-20-23-16(3)12-28-20/h8-9,11-12H,5-7,10,13H2,1-4H3,(H,22,27). The van der Waals surface area contributed by atoms with Gasteiger partial charge in [-0.25, -0.2) is 4.98 Å². The van der Waals surface area contributed by atoms with Crippen molar-refractivity contribution in [1.29, 1.82) is 0 Å². The molecule has 1 amide bonds. The summed E-state index contributed by atoms with van der Waals surface area (Å²) in [6.07, 6.45) is 2.95. The summed E-state index contributed by atoms with van der Waals surface area (Å²) in [5.41, 5.74) is 4.48. The minimum atomic E-state index is 0.0215. The molecule has 6 nitrogen and oxygen atoms in total. The number of nitrogens with zero attached hydrogens (tertiary/aromatic N) is 4. The Morgan fingerprint density at radius 2 is 2.00 bits per heavy atom. The van der Waals surface area contributed by atoms with Crippen LogP contribution < -0.4 is 5.32 Å². The lowest BCUT2D eigenvalue weighted by atomic mass is 10.1. The molecule has 29 heavy (non-hydrogen) atoms. The molecule has 0 bridgehead atoms. The topological polar surface area (TPSA) is 72.7 Å². The van der Waals surface area contributed by atoms with Crippen molar-refractivity contribution >= 4 is 29.0 Å². The highest BCUT2D eigenvalue weighted by molar-refractivity contribution is 7.99. The lowest BCUT2D eigenvalue weighted by Crippen LogP contribution is -2.26. The zero-order valence-corrected chi connectivity index (χ0v) is 19.0. The van der Waals surface area contributed by atoms with Gasteiger partial charge in [0, 0.05) is 17.6 Å². The minimum absolute atomic E-state index is 0.0215. The molecule has 1 aromatic carbocycles. The molecule has 1 N–H and O–H groups in total. The normalized spacial score (nSPS) is 11.0. The molecule has 0 unspecified atom stereocenters. The number of thiazole rings is 1. The van der Waals surface area contributed by atoms with Gasteiger partial charge in [0.1, 0.15) is 5.82 Å². The highest BCUT2D eigenvalue weighted by atomic mass is 32.2. The molecule has 0 atom stereocenters. The van der Waals surface area contributed by atoms with Gasteiger partial charge in [-0.2, -0.15) is 0 Å². The van der Waals surface area contributed by atoms with E-state index in [0.717, 1.165) is 47.2 Å². The summed E-state index contributed by atoms with van der Waals surface area (Å²) >= 11 is 3.12. The smallest absolute Gasteiger partial charge is 0.230 e. The second kappa shape index (κ2) is 10.0. The summed E-state index contributed by atoms with van der Waals surface area (Å²) in [7, 11) is 0. The van der Waals surface area contributed by atoms with Crippen LogP contribution in [-0.4, -0.2) is 38.0 Å². The molecule has 0 spiro atoms. The Labute approximate surface area is 180 Å². The first-order valence-electron chi connectivity index (χ1n) is 9.74. The van der Waals surface area contributed by atoms with Crippen molar-refractivity contribution in [3.05, 3.63) is 51.2 Å². The molecule has 0 aliphatic heterocycles. The third-order valence-electron chi connectivity index (χ3n) is 4.54. The van der Waals surface area contributed by atoms with Gasteiger partial charge >= 0.3 is 0 Å². The Kier molecular flexibility index (Phi) is 7.44. The van der Waals surface area contributed by atoms with Gasteiger partial charge in [-0.15, -0.1) is 21.5 Å². The first kappa shape index (κ1) is 21.5. The van der Waals surface area contributed by atoms with Gasteiger partial charge in [0.2, 0.25) is 5.91 Å². The zero-order valence-electron chi connectivity index (χ0n) is 17.4. The van der Waals surface area contributed by atoms with E-state index in [0.29, 0.717) is 12.3 Å². The van der Waals surface area contributed by atoms with Crippen LogP contribution in [0.5, 0.6) is 0 Å². The van der Waals surface area contributed by atoms with Crippen LogP contribution in [0.25, 0.3) is 5.69 Å². The van der Waals surface area contributed by atoms with Crippen molar-refractivity contribution in [2.24, 2.45) is 0 Å². The molecule has 2 aromatic heterocycles. The Morgan fingerprint density at radius 3 is 2.76 bits per heavy atom. The Balaban J connectivity index is 1.47. The monoisotopic (exact) mass is 429 g/mol. The van der Waals surface area contributed by atoms with Crippen molar-refractivity contribution < 1.29 is 4.79 Å². The fraction of sp³-hybridized carbons (Fsp3) is 0.429. The van der Waals surface area contributed by atoms with Crippen LogP contribution in [0, 0.1) is 27.7 Å². The Hall–Kier alpha value is -2.19. The number of unbranched alkanes of at least 4 members (excludes halogenated alkanes) is 1. The predicted molar refractivity (Wildman–Crippen MR) is 119 cm³/mol. The quantitative estimate of drug-likeness (QED) is 0.408. The number of rotatable bonds is 9. The first-order valence-corrected chi connectivity index (χ1v) is 11.6. The second-order valence-electron chi connectivity index (χ2n) is 7.13. The number of carbonyl (C=O) groups is 1. The lowest BCUT2D eigenvalue weighted by molar-refractivity contribution is -0.118. The minimum Gasteiger partial charge on any atom is -0.355 e.